The Hall–Kier alpha value is -2.95. The van der Waals surface area contributed by atoms with Gasteiger partial charge in [-0.3, -0.25) is 4.79 Å². The van der Waals surface area contributed by atoms with Crippen LogP contribution in [-0.2, 0) is 6.54 Å². The number of hydrogen-bond donors (Lipinski definition) is 2. The Morgan fingerprint density at radius 3 is 2.46 bits per heavy atom. The van der Waals surface area contributed by atoms with Crippen LogP contribution in [0.4, 0.5) is 11.4 Å². The summed E-state index contributed by atoms with van der Waals surface area (Å²) in [5.74, 6) is -0.132. The molecule has 0 aliphatic heterocycles. The van der Waals surface area contributed by atoms with Crippen molar-refractivity contribution in [3.63, 3.8) is 0 Å². The molecule has 0 radical (unpaired) electrons. The van der Waals surface area contributed by atoms with Gasteiger partial charge in [-0.15, -0.1) is 0 Å². The lowest BCUT2D eigenvalue weighted by molar-refractivity contribution is 0.0999. The summed E-state index contributed by atoms with van der Waals surface area (Å²) in [6.07, 6.45) is 0. The second-order valence-electron chi connectivity index (χ2n) is 6.25. The van der Waals surface area contributed by atoms with Crippen molar-refractivity contribution in [3.8, 4) is 0 Å². The highest BCUT2D eigenvalue weighted by Crippen LogP contribution is 2.32. The molecule has 6 heteroatoms. The summed E-state index contributed by atoms with van der Waals surface area (Å²) in [5.41, 5.74) is 2.92. The first-order chi connectivity index (χ1) is 13.6. The monoisotopic (exact) mass is 410 g/mol. The molecule has 0 bridgehead atoms. The van der Waals surface area contributed by atoms with Gasteiger partial charge in [0.15, 0.2) is 0 Å². The van der Waals surface area contributed by atoms with E-state index in [9.17, 15) is 4.79 Å². The normalized spacial score (nSPS) is 10.8. The van der Waals surface area contributed by atoms with E-state index < -0.39 is 0 Å². The average Bonchev–Trinajstić information content (AvgIpc) is 3.06. The maximum atomic E-state index is 12.9. The van der Waals surface area contributed by atoms with Gasteiger partial charge in [0, 0.05) is 27.7 Å². The number of carbonyl (C=O) groups excluding carboxylic acids is 1. The molecule has 0 atom stereocenters. The van der Waals surface area contributed by atoms with Gasteiger partial charge >= 0.3 is 0 Å². The number of rotatable bonds is 5. The second-order valence-corrected chi connectivity index (χ2v) is 7.12. The van der Waals surface area contributed by atoms with Crippen molar-refractivity contribution >= 4 is 51.5 Å². The quantitative estimate of drug-likeness (QED) is 0.389. The van der Waals surface area contributed by atoms with Crippen LogP contribution in [0.5, 0.6) is 0 Å². The van der Waals surface area contributed by atoms with Crippen molar-refractivity contribution in [2.24, 2.45) is 0 Å². The number of amides is 1. The molecular formula is C22H16Cl2N2O2. The van der Waals surface area contributed by atoms with E-state index in [0.717, 1.165) is 10.9 Å². The SMILES string of the molecule is O=C(Nc1cccc(Cl)c1)c1oc2ccccc2c1NCc1ccc(Cl)cc1. The number of benzene rings is 3. The van der Waals surface area contributed by atoms with Crippen molar-refractivity contribution < 1.29 is 9.21 Å². The highest BCUT2D eigenvalue weighted by Gasteiger charge is 2.20. The van der Waals surface area contributed by atoms with Gasteiger partial charge in [0.1, 0.15) is 5.58 Å². The molecule has 0 saturated carbocycles. The van der Waals surface area contributed by atoms with E-state index in [1.165, 1.54) is 0 Å². The molecule has 140 valence electrons. The molecule has 28 heavy (non-hydrogen) atoms. The van der Waals surface area contributed by atoms with Crippen LogP contribution in [-0.4, -0.2) is 5.91 Å². The van der Waals surface area contributed by atoms with Gasteiger partial charge < -0.3 is 15.1 Å². The first-order valence-corrected chi connectivity index (χ1v) is 9.42. The minimum Gasteiger partial charge on any atom is -0.449 e. The number of hydrogen-bond acceptors (Lipinski definition) is 3. The zero-order valence-electron chi connectivity index (χ0n) is 14.7. The van der Waals surface area contributed by atoms with Gasteiger partial charge in [0.05, 0.1) is 5.69 Å². The minimum absolute atomic E-state index is 0.218. The fourth-order valence-corrected chi connectivity index (χ4v) is 3.24. The van der Waals surface area contributed by atoms with Gasteiger partial charge in [-0.25, -0.2) is 0 Å². The molecule has 0 aliphatic carbocycles. The predicted molar refractivity (Wildman–Crippen MR) is 114 cm³/mol. The summed E-state index contributed by atoms with van der Waals surface area (Å²) in [6.45, 7) is 0.526. The summed E-state index contributed by atoms with van der Waals surface area (Å²) < 4.78 is 5.84. The third kappa shape index (κ3) is 3.98. The molecule has 0 spiro atoms. The van der Waals surface area contributed by atoms with Crippen molar-refractivity contribution in [2.75, 3.05) is 10.6 Å². The predicted octanol–water partition coefficient (Wildman–Crippen LogP) is 6.60. The summed E-state index contributed by atoms with van der Waals surface area (Å²) >= 11 is 11.9. The number of para-hydroxylation sites is 1. The summed E-state index contributed by atoms with van der Waals surface area (Å²) in [7, 11) is 0. The summed E-state index contributed by atoms with van der Waals surface area (Å²) in [6, 6.07) is 22.0. The Morgan fingerprint density at radius 2 is 1.68 bits per heavy atom. The third-order valence-corrected chi connectivity index (χ3v) is 4.75. The highest BCUT2D eigenvalue weighted by molar-refractivity contribution is 6.31. The number of anilines is 2. The van der Waals surface area contributed by atoms with Crippen LogP contribution in [0.3, 0.4) is 0 Å². The molecule has 4 nitrogen and oxygen atoms in total. The number of nitrogens with one attached hydrogen (secondary N) is 2. The van der Waals surface area contributed by atoms with Crippen molar-refractivity contribution in [3.05, 3.63) is 94.2 Å². The van der Waals surface area contributed by atoms with Gasteiger partial charge in [-0.1, -0.05) is 53.5 Å². The van der Waals surface area contributed by atoms with Crippen molar-refractivity contribution in [1.82, 2.24) is 0 Å². The second kappa shape index (κ2) is 7.97. The van der Waals surface area contributed by atoms with E-state index in [-0.39, 0.29) is 11.7 Å². The minimum atomic E-state index is -0.350. The van der Waals surface area contributed by atoms with Gasteiger partial charge in [0.2, 0.25) is 5.76 Å². The first-order valence-electron chi connectivity index (χ1n) is 8.67. The molecule has 3 aromatic carbocycles. The molecule has 1 aromatic heterocycles. The average molecular weight is 411 g/mol. The van der Waals surface area contributed by atoms with Crippen molar-refractivity contribution in [2.45, 2.75) is 6.54 Å². The van der Waals surface area contributed by atoms with Gasteiger partial charge in [-0.05, 0) is 48.0 Å². The molecule has 0 aliphatic rings. The van der Waals surface area contributed by atoms with Gasteiger partial charge in [-0.2, -0.15) is 0 Å². The molecule has 0 saturated heterocycles. The summed E-state index contributed by atoms with van der Waals surface area (Å²) in [4.78, 5) is 12.9. The molecule has 4 rings (SSSR count). The van der Waals surface area contributed by atoms with E-state index in [2.05, 4.69) is 10.6 Å². The Kier molecular flexibility index (Phi) is 5.24. The zero-order valence-corrected chi connectivity index (χ0v) is 16.2. The summed E-state index contributed by atoms with van der Waals surface area (Å²) in [5, 5.41) is 8.22. The van der Waals surface area contributed by atoms with Crippen LogP contribution in [0.2, 0.25) is 10.0 Å². The van der Waals surface area contributed by atoms with E-state index in [1.54, 1.807) is 24.3 Å². The maximum Gasteiger partial charge on any atom is 0.293 e. The van der Waals surface area contributed by atoms with Crippen LogP contribution < -0.4 is 10.6 Å². The van der Waals surface area contributed by atoms with E-state index in [0.29, 0.717) is 33.5 Å². The Morgan fingerprint density at radius 1 is 0.893 bits per heavy atom. The molecular weight excluding hydrogens is 395 g/mol. The lowest BCUT2D eigenvalue weighted by atomic mass is 10.2. The Bertz CT molecular complexity index is 1140. The standard InChI is InChI=1S/C22H16Cl2N2O2/c23-15-10-8-14(9-11-15)13-25-20-18-6-1-2-7-19(18)28-21(20)22(27)26-17-5-3-4-16(24)12-17/h1-12,25H,13H2,(H,26,27). The van der Waals surface area contributed by atoms with E-state index >= 15 is 0 Å². The molecule has 2 N–H and O–H groups in total. The van der Waals surface area contributed by atoms with Crippen molar-refractivity contribution in [1.29, 1.82) is 0 Å². The van der Waals surface area contributed by atoms with Crippen LogP contribution in [0, 0.1) is 0 Å². The fraction of sp³-hybridized carbons (Fsp3) is 0.0455. The number of halogens is 2. The maximum absolute atomic E-state index is 12.9. The lowest BCUT2D eigenvalue weighted by Crippen LogP contribution is -2.13. The third-order valence-electron chi connectivity index (χ3n) is 4.27. The molecule has 1 heterocycles. The molecule has 0 unspecified atom stereocenters. The lowest BCUT2D eigenvalue weighted by Gasteiger charge is -2.09. The molecule has 0 fully saturated rings. The highest BCUT2D eigenvalue weighted by atomic mass is 35.5. The van der Waals surface area contributed by atoms with Crippen LogP contribution in [0.1, 0.15) is 16.1 Å². The topological polar surface area (TPSA) is 54.3 Å². The fourth-order valence-electron chi connectivity index (χ4n) is 2.93. The molecule has 4 aromatic rings. The first kappa shape index (κ1) is 18.4. The van der Waals surface area contributed by atoms with Crippen LogP contribution >= 0.6 is 23.2 Å². The van der Waals surface area contributed by atoms with E-state index in [1.807, 2.05) is 48.5 Å². The number of fused-ring (bicyclic) bond motifs is 1. The van der Waals surface area contributed by atoms with E-state index in [4.69, 9.17) is 27.6 Å². The Labute approximate surface area is 172 Å². The zero-order chi connectivity index (χ0) is 19.5. The van der Waals surface area contributed by atoms with Crippen LogP contribution in [0.15, 0.2) is 77.2 Å². The number of furan rings is 1. The van der Waals surface area contributed by atoms with Gasteiger partial charge in [0.25, 0.3) is 5.91 Å². The largest absolute Gasteiger partial charge is 0.449 e. The number of carbonyl (C=O) groups is 1. The smallest absolute Gasteiger partial charge is 0.293 e. The van der Waals surface area contributed by atoms with Crippen LogP contribution in [0.25, 0.3) is 11.0 Å². The molecule has 1 amide bonds. The Balaban J connectivity index is 1.64.